The van der Waals surface area contributed by atoms with Gasteiger partial charge in [0.25, 0.3) is 0 Å². The minimum atomic E-state index is 0.230. The Bertz CT molecular complexity index is 237. The van der Waals surface area contributed by atoms with E-state index in [1.807, 2.05) is 0 Å². The molecule has 0 spiro atoms. The van der Waals surface area contributed by atoms with Crippen LogP contribution in [0.15, 0.2) is 30.3 Å². The van der Waals surface area contributed by atoms with Crippen LogP contribution in [0, 0.1) is 0 Å². The van der Waals surface area contributed by atoms with Crippen LogP contribution in [0.5, 0.6) is 0 Å². The largest absolute Gasteiger partial charge is 0.0622 e. The Balaban J connectivity index is 0.000000337. The molecule has 0 bridgehead atoms. The molecule has 2 radical (unpaired) electrons. The molecule has 0 aliphatic heterocycles. The molecule has 1 aromatic rings. The quantitative estimate of drug-likeness (QED) is 0.669. The van der Waals surface area contributed by atoms with Gasteiger partial charge in [0.05, 0.1) is 0 Å². The Morgan fingerprint density at radius 1 is 0.933 bits per heavy atom. The zero-order valence-corrected chi connectivity index (χ0v) is 12.9. The average Bonchev–Trinajstić information content (AvgIpc) is 2.32. The second-order valence-electron chi connectivity index (χ2n) is 4.25. The molecule has 1 aromatic carbocycles. The van der Waals surface area contributed by atoms with E-state index in [2.05, 4.69) is 40.2 Å². The minimum Gasteiger partial charge on any atom is -0.0622 e. The number of hydrogen-bond donors (Lipinski definition) is 0. The van der Waals surface area contributed by atoms with Crippen molar-refractivity contribution in [2.75, 3.05) is 0 Å². The molecule has 0 unspecified atom stereocenters. The molecule has 1 aliphatic carbocycles. The SMILES string of the molecule is [CH3][Sn][CH3].c1ccc(C2CCCCC2)cc1. The van der Waals surface area contributed by atoms with Crippen molar-refractivity contribution < 1.29 is 0 Å². The Kier molecular flexibility index (Phi) is 7.16. The van der Waals surface area contributed by atoms with Crippen molar-refractivity contribution in [3.8, 4) is 0 Å². The maximum Gasteiger partial charge on any atom is -0.0162 e. The smallest absolute Gasteiger partial charge is 0.0162 e. The Hall–Kier alpha value is 0.0187. The summed E-state index contributed by atoms with van der Waals surface area (Å²) < 4.78 is 0. The van der Waals surface area contributed by atoms with Crippen molar-refractivity contribution in [3.05, 3.63) is 35.9 Å². The van der Waals surface area contributed by atoms with E-state index in [0.717, 1.165) is 5.92 Å². The van der Waals surface area contributed by atoms with Crippen LogP contribution in [-0.4, -0.2) is 21.1 Å². The predicted molar refractivity (Wildman–Crippen MR) is 69.8 cm³/mol. The van der Waals surface area contributed by atoms with Gasteiger partial charge in [-0.1, -0.05) is 49.6 Å². The molecule has 1 saturated carbocycles. The first-order chi connectivity index (χ1) is 7.38. The van der Waals surface area contributed by atoms with Crippen LogP contribution in [0.1, 0.15) is 43.6 Å². The fourth-order valence-electron chi connectivity index (χ4n) is 2.16. The van der Waals surface area contributed by atoms with Crippen molar-refractivity contribution >= 4 is 21.1 Å². The standard InChI is InChI=1S/C12H16.2CH3.Sn/c1-3-7-11(8-4-1)12-9-5-2-6-10-12;;;/h1,3-4,7-8,12H,2,5-6,9-10H2;2*1H3;. The molecule has 0 amide bonds. The van der Waals surface area contributed by atoms with Gasteiger partial charge < -0.3 is 0 Å². The Labute approximate surface area is 105 Å². The molecule has 0 atom stereocenters. The summed E-state index contributed by atoms with van der Waals surface area (Å²) in [7, 11) is 0. The number of hydrogen-bond acceptors (Lipinski definition) is 0. The monoisotopic (exact) mass is 310 g/mol. The summed E-state index contributed by atoms with van der Waals surface area (Å²) in [4.78, 5) is 4.59. The summed E-state index contributed by atoms with van der Waals surface area (Å²) >= 11 is 0.230. The van der Waals surface area contributed by atoms with Crippen LogP contribution in [0.25, 0.3) is 0 Å². The third kappa shape index (κ3) is 5.05. The van der Waals surface area contributed by atoms with Gasteiger partial charge in [-0.2, -0.15) is 0 Å². The molecule has 0 heterocycles. The van der Waals surface area contributed by atoms with E-state index >= 15 is 0 Å². The molecule has 15 heavy (non-hydrogen) atoms. The topological polar surface area (TPSA) is 0 Å². The van der Waals surface area contributed by atoms with Crippen LogP contribution >= 0.6 is 0 Å². The minimum absolute atomic E-state index is 0.230. The van der Waals surface area contributed by atoms with Gasteiger partial charge in [0.15, 0.2) is 0 Å². The van der Waals surface area contributed by atoms with Gasteiger partial charge in [0, 0.05) is 0 Å². The van der Waals surface area contributed by atoms with Gasteiger partial charge in [-0.3, -0.25) is 0 Å². The van der Waals surface area contributed by atoms with Gasteiger partial charge in [-0.05, 0) is 24.3 Å². The van der Waals surface area contributed by atoms with E-state index in [4.69, 9.17) is 0 Å². The van der Waals surface area contributed by atoms with Crippen molar-refractivity contribution in [2.24, 2.45) is 0 Å². The van der Waals surface area contributed by atoms with E-state index < -0.39 is 0 Å². The molecule has 0 N–H and O–H groups in total. The van der Waals surface area contributed by atoms with Crippen molar-refractivity contribution in [1.82, 2.24) is 0 Å². The third-order valence-electron chi connectivity index (χ3n) is 2.88. The molecule has 1 fully saturated rings. The molecule has 0 saturated heterocycles. The van der Waals surface area contributed by atoms with Crippen LogP contribution in [-0.2, 0) is 0 Å². The van der Waals surface area contributed by atoms with Crippen molar-refractivity contribution in [3.63, 3.8) is 0 Å². The summed E-state index contributed by atoms with van der Waals surface area (Å²) in [6.45, 7) is 0. The molecule has 0 nitrogen and oxygen atoms in total. The fraction of sp³-hybridized carbons (Fsp3) is 0.571. The van der Waals surface area contributed by atoms with E-state index in [0.29, 0.717) is 0 Å². The van der Waals surface area contributed by atoms with Gasteiger partial charge in [0.2, 0.25) is 0 Å². The number of benzene rings is 1. The normalized spacial score (nSPS) is 16.7. The molecule has 2 rings (SSSR count). The van der Waals surface area contributed by atoms with Gasteiger partial charge in [-0.15, -0.1) is 0 Å². The summed E-state index contributed by atoms with van der Waals surface area (Å²) in [5, 5.41) is 0. The van der Waals surface area contributed by atoms with Crippen LogP contribution in [0.2, 0.25) is 9.88 Å². The second kappa shape index (κ2) is 8.20. The summed E-state index contributed by atoms with van der Waals surface area (Å²) in [6.07, 6.45) is 7.12. The fourth-order valence-corrected chi connectivity index (χ4v) is 2.16. The van der Waals surface area contributed by atoms with Crippen LogP contribution in [0.3, 0.4) is 0 Å². The van der Waals surface area contributed by atoms with E-state index in [1.165, 1.54) is 32.1 Å². The van der Waals surface area contributed by atoms with E-state index in [9.17, 15) is 0 Å². The van der Waals surface area contributed by atoms with Crippen molar-refractivity contribution in [1.29, 1.82) is 0 Å². The molecular formula is C14H22Sn. The molecule has 82 valence electrons. The zero-order chi connectivity index (χ0) is 10.9. The summed E-state index contributed by atoms with van der Waals surface area (Å²) in [6, 6.07) is 11.0. The van der Waals surface area contributed by atoms with E-state index in [-0.39, 0.29) is 21.1 Å². The second-order valence-corrected chi connectivity index (χ2v) is 7.10. The first-order valence-corrected chi connectivity index (χ1v) is 11.7. The molecule has 0 aromatic heterocycles. The number of rotatable bonds is 1. The average molecular weight is 309 g/mol. The van der Waals surface area contributed by atoms with E-state index in [1.54, 1.807) is 5.56 Å². The van der Waals surface area contributed by atoms with Gasteiger partial charge in [0.1, 0.15) is 0 Å². The Morgan fingerprint density at radius 3 is 2.00 bits per heavy atom. The first kappa shape index (κ1) is 13.1. The predicted octanol–water partition coefficient (Wildman–Crippen LogP) is 4.52. The van der Waals surface area contributed by atoms with Gasteiger partial charge in [-0.25, -0.2) is 0 Å². The maximum atomic E-state index is 2.30. The first-order valence-electron chi connectivity index (χ1n) is 6.02. The molecule has 1 heteroatoms. The van der Waals surface area contributed by atoms with Crippen LogP contribution in [0.4, 0.5) is 0 Å². The van der Waals surface area contributed by atoms with Crippen molar-refractivity contribution in [2.45, 2.75) is 47.9 Å². The zero-order valence-electron chi connectivity index (χ0n) is 10.00. The maximum absolute atomic E-state index is 2.30. The summed E-state index contributed by atoms with van der Waals surface area (Å²) in [5.41, 5.74) is 1.55. The summed E-state index contributed by atoms with van der Waals surface area (Å²) in [5.74, 6) is 0.861. The molecular weight excluding hydrogens is 287 g/mol. The molecule has 1 aliphatic rings. The van der Waals surface area contributed by atoms with Gasteiger partial charge >= 0.3 is 31.0 Å². The third-order valence-corrected chi connectivity index (χ3v) is 2.88. The van der Waals surface area contributed by atoms with Crippen LogP contribution < -0.4 is 0 Å². The Morgan fingerprint density at radius 2 is 1.47 bits per heavy atom.